The van der Waals surface area contributed by atoms with Gasteiger partial charge in [-0.05, 0) is 43.5 Å². The number of benzene rings is 2. The summed E-state index contributed by atoms with van der Waals surface area (Å²) >= 11 is 0. The molecule has 6 nitrogen and oxygen atoms in total. The smallest absolute Gasteiger partial charge is 0.426 e. The Labute approximate surface area is 162 Å². The van der Waals surface area contributed by atoms with Crippen molar-refractivity contribution in [2.24, 2.45) is 0 Å². The summed E-state index contributed by atoms with van der Waals surface area (Å²) in [5.41, 5.74) is 8.07. The molecular formula is C22H23N3O3. The number of nitrogens with zero attached hydrogens (tertiary/aromatic N) is 1. The highest BCUT2D eigenvalue weighted by Crippen LogP contribution is 2.39. The standard InChI is InChI=1S/C22H23N3O3/c1-13-14(2)20(26)15(3)18-17-9-11-23-21(17)25(19(13)18)24-22(27)28-12-10-16-7-5-4-6-8-16/h4-9,11,23,26H,10,12H2,1-3H3,(H,24,27). The predicted molar refractivity (Wildman–Crippen MR) is 111 cm³/mol. The first-order valence-corrected chi connectivity index (χ1v) is 9.27. The van der Waals surface area contributed by atoms with E-state index < -0.39 is 6.09 Å². The van der Waals surface area contributed by atoms with E-state index in [1.54, 1.807) is 4.68 Å². The van der Waals surface area contributed by atoms with Crippen LogP contribution in [-0.4, -0.2) is 27.5 Å². The zero-order valence-corrected chi connectivity index (χ0v) is 16.2. The molecule has 0 saturated heterocycles. The number of carbonyl (C=O) groups excluding carboxylic acids is 1. The Balaban J connectivity index is 1.64. The van der Waals surface area contributed by atoms with Crippen molar-refractivity contribution in [2.75, 3.05) is 12.0 Å². The van der Waals surface area contributed by atoms with Crippen LogP contribution in [0.15, 0.2) is 42.6 Å². The van der Waals surface area contributed by atoms with Gasteiger partial charge in [-0.2, -0.15) is 0 Å². The molecule has 6 heteroatoms. The van der Waals surface area contributed by atoms with Crippen LogP contribution >= 0.6 is 0 Å². The Bertz CT molecular complexity index is 1170. The van der Waals surface area contributed by atoms with Gasteiger partial charge in [0.1, 0.15) is 11.4 Å². The fourth-order valence-electron chi connectivity index (χ4n) is 3.73. The maximum atomic E-state index is 12.4. The molecule has 0 saturated carbocycles. The Morgan fingerprint density at radius 1 is 1.11 bits per heavy atom. The van der Waals surface area contributed by atoms with Crippen molar-refractivity contribution in [1.29, 1.82) is 0 Å². The summed E-state index contributed by atoms with van der Waals surface area (Å²) in [5.74, 6) is 0.288. The molecule has 4 aromatic rings. The van der Waals surface area contributed by atoms with E-state index in [9.17, 15) is 9.90 Å². The number of carbonyl (C=O) groups is 1. The number of rotatable bonds is 4. The van der Waals surface area contributed by atoms with Crippen molar-refractivity contribution < 1.29 is 14.6 Å². The van der Waals surface area contributed by atoms with Gasteiger partial charge in [-0.1, -0.05) is 30.3 Å². The second-order valence-electron chi connectivity index (χ2n) is 7.01. The van der Waals surface area contributed by atoms with E-state index in [0.29, 0.717) is 13.0 Å². The largest absolute Gasteiger partial charge is 0.507 e. The van der Waals surface area contributed by atoms with E-state index in [0.717, 1.165) is 44.2 Å². The van der Waals surface area contributed by atoms with Gasteiger partial charge in [-0.3, -0.25) is 0 Å². The van der Waals surface area contributed by atoms with Crippen molar-refractivity contribution in [1.82, 2.24) is 9.66 Å². The Morgan fingerprint density at radius 3 is 2.61 bits per heavy atom. The average molecular weight is 377 g/mol. The molecule has 1 amide bonds. The third kappa shape index (κ3) is 2.87. The number of phenols is 1. The minimum Gasteiger partial charge on any atom is -0.507 e. The van der Waals surface area contributed by atoms with Gasteiger partial charge in [-0.15, -0.1) is 0 Å². The number of amides is 1. The van der Waals surface area contributed by atoms with E-state index >= 15 is 0 Å². The van der Waals surface area contributed by atoms with Crippen LogP contribution in [0.1, 0.15) is 22.3 Å². The maximum absolute atomic E-state index is 12.4. The van der Waals surface area contributed by atoms with Gasteiger partial charge in [0.2, 0.25) is 0 Å². The molecule has 0 radical (unpaired) electrons. The summed E-state index contributed by atoms with van der Waals surface area (Å²) in [4.78, 5) is 15.6. The summed E-state index contributed by atoms with van der Waals surface area (Å²) in [5, 5.41) is 12.3. The van der Waals surface area contributed by atoms with Crippen molar-refractivity contribution in [2.45, 2.75) is 27.2 Å². The SMILES string of the molecule is Cc1c(O)c(C)c2c3cc[nH]c3n(NC(=O)OCCc3ccccc3)c2c1C. The summed E-state index contributed by atoms with van der Waals surface area (Å²) in [6.07, 6.45) is 1.95. The number of hydrogen-bond donors (Lipinski definition) is 3. The van der Waals surface area contributed by atoms with Gasteiger partial charge < -0.3 is 14.8 Å². The lowest BCUT2D eigenvalue weighted by molar-refractivity contribution is 0.160. The molecule has 0 unspecified atom stereocenters. The molecule has 4 rings (SSSR count). The number of nitrogens with one attached hydrogen (secondary N) is 2. The molecular weight excluding hydrogens is 354 g/mol. The highest BCUT2D eigenvalue weighted by molar-refractivity contribution is 6.11. The van der Waals surface area contributed by atoms with E-state index in [4.69, 9.17) is 4.74 Å². The lowest BCUT2D eigenvalue weighted by Gasteiger charge is -2.14. The molecule has 3 N–H and O–H groups in total. The van der Waals surface area contributed by atoms with Crippen molar-refractivity contribution >= 4 is 28.0 Å². The van der Waals surface area contributed by atoms with E-state index in [1.807, 2.05) is 63.4 Å². The molecule has 2 aromatic carbocycles. The highest BCUT2D eigenvalue weighted by Gasteiger charge is 2.21. The van der Waals surface area contributed by atoms with Crippen LogP contribution in [0.2, 0.25) is 0 Å². The number of aryl methyl sites for hydroxylation is 2. The zero-order chi connectivity index (χ0) is 19.8. The van der Waals surface area contributed by atoms with Crippen LogP contribution in [-0.2, 0) is 11.2 Å². The lowest BCUT2D eigenvalue weighted by Crippen LogP contribution is -2.24. The third-order valence-electron chi connectivity index (χ3n) is 5.35. The van der Waals surface area contributed by atoms with Crippen LogP contribution in [0.5, 0.6) is 5.75 Å². The molecule has 0 bridgehead atoms. The first-order valence-electron chi connectivity index (χ1n) is 9.27. The molecule has 0 atom stereocenters. The average Bonchev–Trinajstić information content (AvgIpc) is 3.27. The van der Waals surface area contributed by atoms with Gasteiger partial charge in [0.05, 0.1) is 12.1 Å². The molecule has 0 aliphatic rings. The summed E-state index contributed by atoms with van der Waals surface area (Å²) in [7, 11) is 0. The van der Waals surface area contributed by atoms with Crippen LogP contribution < -0.4 is 5.43 Å². The van der Waals surface area contributed by atoms with Crippen molar-refractivity contribution in [3.05, 3.63) is 64.8 Å². The van der Waals surface area contributed by atoms with E-state index in [2.05, 4.69) is 10.4 Å². The number of aromatic amines is 1. The van der Waals surface area contributed by atoms with Crippen LogP contribution in [0, 0.1) is 20.8 Å². The first-order chi connectivity index (χ1) is 13.5. The normalized spacial score (nSPS) is 11.2. The molecule has 0 fully saturated rings. The monoisotopic (exact) mass is 377 g/mol. The Hall–Kier alpha value is -3.41. The van der Waals surface area contributed by atoms with Crippen molar-refractivity contribution in [3.63, 3.8) is 0 Å². The fraction of sp³-hybridized carbons (Fsp3) is 0.227. The number of ether oxygens (including phenoxy) is 1. The summed E-state index contributed by atoms with van der Waals surface area (Å²) < 4.78 is 7.10. The van der Waals surface area contributed by atoms with Gasteiger partial charge >= 0.3 is 6.09 Å². The van der Waals surface area contributed by atoms with Gasteiger partial charge in [0.15, 0.2) is 0 Å². The lowest BCUT2D eigenvalue weighted by atomic mass is 9.99. The van der Waals surface area contributed by atoms with Crippen molar-refractivity contribution in [3.8, 4) is 5.75 Å². The van der Waals surface area contributed by atoms with Crippen LogP contribution in [0.4, 0.5) is 4.79 Å². The molecule has 0 aliphatic carbocycles. The van der Waals surface area contributed by atoms with Gasteiger partial charge in [-0.25, -0.2) is 14.9 Å². The second-order valence-corrected chi connectivity index (χ2v) is 7.01. The molecule has 0 spiro atoms. The first kappa shape index (κ1) is 18.0. The summed E-state index contributed by atoms with van der Waals surface area (Å²) in [6, 6.07) is 11.8. The highest BCUT2D eigenvalue weighted by atomic mass is 16.6. The van der Waals surface area contributed by atoms with Crippen LogP contribution in [0.3, 0.4) is 0 Å². The zero-order valence-electron chi connectivity index (χ0n) is 16.2. The third-order valence-corrected chi connectivity index (χ3v) is 5.35. The molecule has 2 heterocycles. The minimum absolute atomic E-state index is 0.288. The minimum atomic E-state index is -0.521. The fourth-order valence-corrected chi connectivity index (χ4v) is 3.73. The summed E-state index contributed by atoms with van der Waals surface area (Å²) in [6.45, 7) is 6.00. The molecule has 144 valence electrons. The Kier molecular flexibility index (Phi) is 4.47. The molecule has 2 aromatic heterocycles. The predicted octanol–water partition coefficient (Wildman–Crippen LogP) is 4.68. The number of phenolic OH excluding ortho intramolecular Hbond substituents is 1. The number of aromatic nitrogens is 2. The van der Waals surface area contributed by atoms with Crippen LogP contribution in [0.25, 0.3) is 21.9 Å². The topological polar surface area (TPSA) is 79.3 Å². The quantitative estimate of drug-likeness (QED) is 0.483. The second kappa shape index (κ2) is 6.96. The number of aromatic hydroxyl groups is 1. The number of fused-ring (bicyclic) bond motifs is 3. The van der Waals surface area contributed by atoms with Gasteiger partial charge in [0.25, 0.3) is 0 Å². The van der Waals surface area contributed by atoms with Gasteiger partial charge in [0, 0.05) is 29.0 Å². The number of H-pyrrole nitrogens is 1. The molecule has 0 aliphatic heterocycles. The number of hydrogen-bond acceptors (Lipinski definition) is 3. The maximum Gasteiger partial charge on any atom is 0.426 e. The molecule has 28 heavy (non-hydrogen) atoms. The Morgan fingerprint density at radius 2 is 1.86 bits per heavy atom. The van der Waals surface area contributed by atoms with E-state index in [1.165, 1.54) is 0 Å². The van der Waals surface area contributed by atoms with E-state index in [-0.39, 0.29) is 5.75 Å².